The number of aromatic nitrogens is 3. The van der Waals surface area contributed by atoms with E-state index in [4.69, 9.17) is 5.73 Å². The molecule has 0 radical (unpaired) electrons. The Morgan fingerprint density at radius 1 is 0.842 bits per heavy atom. The number of hydrogen-bond donors (Lipinski definition) is 2. The van der Waals surface area contributed by atoms with Crippen LogP contribution in [-0.4, -0.2) is 15.2 Å². The third-order valence-electron chi connectivity index (χ3n) is 2.98. The molecule has 19 heavy (non-hydrogen) atoms. The molecule has 3 rings (SSSR count). The Balaban J connectivity index is 1.90. The van der Waals surface area contributed by atoms with E-state index in [-0.39, 0.29) is 0 Å². The Morgan fingerprint density at radius 2 is 1.47 bits per heavy atom. The predicted octanol–water partition coefficient (Wildman–Crippen LogP) is 2.60. The highest BCUT2D eigenvalue weighted by atomic mass is 15.2. The number of nitrogens with one attached hydrogen (secondary N) is 1. The second-order valence-electron chi connectivity index (χ2n) is 4.25. The average Bonchev–Trinajstić information content (AvgIpc) is 2.97. The molecule has 2 aromatic carbocycles. The molecule has 1 heterocycles. The maximum Gasteiger partial charge on any atom is 0.181 e. The van der Waals surface area contributed by atoms with Gasteiger partial charge in [-0.15, -0.1) is 0 Å². The summed E-state index contributed by atoms with van der Waals surface area (Å²) in [5.41, 5.74) is 8.87. The Hall–Kier alpha value is -2.46. The van der Waals surface area contributed by atoms with Gasteiger partial charge in [-0.05, 0) is 11.1 Å². The summed E-state index contributed by atoms with van der Waals surface area (Å²) >= 11 is 0. The SMILES string of the molecule is NCc1nc(-c2ccc(-c3ccccc3)cc2)n[nH]1. The fourth-order valence-electron chi connectivity index (χ4n) is 1.96. The van der Waals surface area contributed by atoms with Crippen LogP contribution in [0.15, 0.2) is 54.6 Å². The molecule has 3 aromatic rings. The van der Waals surface area contributed by atoms with Crippen LogP contribution < -0.4 is 5.73 Å². The first kappa shape index (κ1) is 11.6. The molecule has 0 spiro atoms. The van der Waals surface area contributed by atoms with E-state index in [1.54, 1.807) is 0 Å². The molecule has 3 N–H and O–H groups in total. The maximum absolute atomic E-state index is 5.51. The van der Waals surface area contributed by atoms with Crippen LogP contribution in [0.5, 0.6) is 0 Å². The summed E-state index contributed by atoms with van der Waals surface area (Å²) in [6.07, 6.45) is 0. The van der Waals surface area contributed by atoms with Crippen LogP contribution in [-0.2, 0) is 6.54 Å². The Kier molecular flexibility index (Phi) is 3.08. The lowest BCUT2D eigenvalue weighted by Crippen LogP contribution is -1.97. The summed E-state index contributed by atoms with van der Waals surface area (Å²) in [7, 11) is 0. The number of nitrogens with zero attached hydrogens (tertiary/aromatic N) is 2. The highest BCUT2D eigenvalue weighted by molar-refractivity contribution is 5.67. The van der Waals surface area contributed by atoms with Gasteiger partial charge in [0.2, 0.25) is 0 Å². The third kappa shape index (κ3) is 2.39. The maximum atomic E-state index is 5.51. The van der Waals surface area contributed by atoms with Crippen molar-refractivity contribution in [3.63, 3.8) is 0 Å². The Morgan fingerprint density at radius 3 is 2.11 bits per heavy atom. The van der Waals surface area contributed by atoms with Crippen molar-refractivity contribution in [2.24, 2.45) is 5.73 Å². The normalized spacial score (nSPS) is 10.6. The minimum absolute atomic E-state index is 0.370. The molecule has 1 aromatic heterocycles. The van der Waals surface area contributed by atoms with Crippen LogP contribution in [0.2, 0.25) is 0 Å². The fourth-order valence-corrected chi connectivity index (χ4v) is 1.96. The van der Waals surface area contributed by atoms with Crippen molar-refractivity contribution < 1.29 is 0 Å². The fraction of sp³-hybridized carbons (Fsp3) is 0.0667. The zero-order valence-corrected chi connectivity index (χ0v) is 10.4. The van der Waals surface area contributed by atoms with Crippen molar-refractivity contribution in [1.82, 2.24) is 15.2 Å². The Bertz CT molecular complexity index is 656. The molecule has 4 heteroatoms. The third-order valence-corrected chi connectivity index (χ3v) is 2.98. The van der Waals surface area contributed by atoms with Gasteiger partial charge < -0.3 is 5.73 Å². The van der Waals surface area contributed by atoms with Crippen LogP contribution in [0.3, 0.4) is 0 Å². The first-order valence-corrected chi connectivity index (χ1v) is 6.14. The average molecular weight is 250 g/mol. The largest absolute Gasteiger partial charge is 0.324 e. The lowest BCUT2D eigenvalue weighted by Gasteiger charge is -2.02. The molecule has 0 aliphatic rings. The Labute approximate surface area is 111 Å². The van der Waals surface area contributed by atoms with E-state index in [9.17, 15) is 0 Å². The van der Waals surface area contributed by atoms with Crippen molar-refractivity contribution in [2.45, 2.75) is 6.54 Å². The molecule has 0 bridgehead atoms. The zero-order valence-electron chi connectivity index (χ0n) is 10.4. The van der Waals surface area contributed by atoms with Crippen LogP contribution in [0.1, 0.15) is 5.82 Å². The minimum atomic E-state index is 0.370. The minimum Gasteiger partial charge on any atom is -0.324 e. The number of hydrogen-bond acceptors (Lipinski definition) is 3. The van der Waals surface area contributed by atoms with Crippen molar-refractivity contribution in [3.8, 4) is 22.5 Å². The molecule has 94 valence electrons. The summed E-state index contributed by atoms with van der Waals surface area (Å²) in [5, 5.41) is 6.96. The second-order valence-corrected chi connectivity index (χ2v) is 4.25. The van der Waals surface area contributed by atoms with Gasteiger partial charge in [0.05, 0.1) is 6.54 Å². The second kappa shape index (κ2) is 5.04. The molecule has 0 amide bonds. The number of benzene rings is 2. The van der Waals surface area contributed by atoms with Gasteiger partial charge in [-0.3, -0.25) is 5.10 Å². The van der Waals surface area contributed by atoms with Crippen molar-refractivity contribution in [2.75, 3.05) is 0 Å². The van der Waals surface area contributed by atoms with E-state index >= 15 is 0 Å². The van der Waals surface area contributed by atoms with Gasteiger partial charge >= 0.3 is 0 Å². The highest BCUT2D eigenvalue weighted by Gasteiger charge is 2.05. The topological polar surface area (TPSA) is 67.6 Å². The molecule has 0 saturated heterocycles. The van der Waals surface area contributed by atoms with E-state index in [1.165, 1.54) is 11.1 Å². The lowest BCUT2D eigenvalue weighted by atomic mass is 10.0. The highest BCUT2D eigenvalue weighted by Crippen LogP contribution is 2.22. The molecule has 0 fully saturated rings. The van der Waals surface area contributed by atoms with Crippen LogP contribution in [0, 0.1) is 0 Å². The molecule has 0 unspecified atom stereocenters. The standard InChI is InChI=1S/C15H14N4/c16-10-14-17-15(19-18-14)13-8-6-12(7-9-13)11-4-2-1-3-5-11/h1-9H,10,16H2,(H,17,18,19). The molecule has 4 nitrogen and oxygen atoms in total. The van der Waals surface area contributed by atoms with Crippen LogP contribution in [0.4, 0.5) is 0 Å². The van der Waals surface area contributed by atoms with Crippen molar-refractivity contribution >= 4 is 0 Å². The van der Waals surface area contributed by atoms with E-state index in [0.29, 0.717) is 18.2 Å². The van der Waals surface area contributed by atoms with Crippen molar-refractivity contribution in [3.05, 3.63) is 60.4 Å². The summed E-state index contributed by atoms with van der Waals surface area (Å²) in [5.74, 6) is 1.38. The first-order chi connectivity index (χ1) is 9.36. The van der Waals surface area contributed by atoms with Gasteiger partial charge in [-0.25, -0.2) is 4.98 Å². The van der Waals surface area contributed by atoms with Crippen molar-refractivity contribution in [1.29, 1.82) is 0 Å². The number of aromatic amines is 1. The van der Waals surface area contributed by atoms with E-state index in [1.807, 2.05) is 30.3 Å². The van der Waals surface area contributed by atoms with Gasteiger partial charge in [-0.1, -0.05) is 54.6 Å². The van der Waals surface area contributed by atoms with E-state index in [0.717, 1.165) is 5.56 Å². The zero-order chi connectivity index (χ0) is 13.1. The molecule has 0 saturated carbocycles. The number of H-pyrrole nitrogens is 1. The van der Waals surface area contributed by atoms with Crippen LogP contribution >= 0.6 is 0 Å². The van der Waals surface area contributed by atoms with E-state index < -0.39 is 0 Å². The molecular weight excluding hydrogens is 236 g/mol. The molecule has 0 atom stereocenters. The van der Waals surface area contributed by atoms with Gasteiger partial charge in [0.25, 0.3) is 0 Å². The predicted molar refractivity (Wildman–Crippen MR) is 75.1 cm³/mol. The first-order valence-electron chi connectivity index (χ1n) is 6.14. The monoisotopic (exact) mass is 250 g/mol. The molecular formula is C15H14N4. The summed E-state index contributed by atoms with van der Waals surface area (Å²) in [6, 6.07) is 18.4. The van der Waals surface area contributed by atoms with Gasteiger partial charge in [0, 0.05) is 5.56 Å². The lowest BCUT2D eigenvalue weighted by molar-refractivity contribution is 0.917. The molecule has 0 aliphatic heterocycles. The molecule has 0 aliphatic carbocycles. The van der Waals surface area contributed by atoms with E-state index in [2.05, 4.69) is 39.4 Å². The summed E-state index contributed by atoms with van der Waals surface area (Å²) < 4.78 is 0. The van der Waals surface area contributed by atoms with Gasteiger partial charge in [-0.2, -0.15) is 5.10 Å². The van der Waals surface area contributed by atoms with Crippen LogP contribution in [0.25, 0.3) is 22.5 Å². The van der Waals surface area contributed by atoms with Gasteiger partial charge in [0.1, 0.15) is 5.82 Å². The van der Waals surface area contributed by atoms with Gasteiger partial charge in [0.15, 0.2) is 5.82 Å². The number of rotatable bonds is 3. The summed E-state index contributed by atoms with van der Waals surface area (Å²) in [4.78, 5) is 4.31. The number of nitrogens with two attached hydrogens (primary N) is 1. The summed E-state index contributed by atoms with van der Waals surface area (Å²) in [6.45, 7) is 0.370. The quantitative estimate of drug-likeness (QED) is 0.750. The smallest absolute Gasteiger partial charge is 0.181 e.